The summed E-state index contributed by atoms with van der Waals surface area (Å²) >= 11 is 0. The van der Waals surface area contributed by atoms with Gasteiger partial charge in [0.1, 0.15) is 0 Å². The highest BCUT2D eigenvalue weighted by atomic mass is 14.3. The van der Waals surface area contributed by atoms with Gasteiger partial charge in [-0.2, -0.15) is 0 Å². The summed E-state index contributed by atoms with van der Waals surface area (Å²) in [6.45, 7) is 4.54. The van der Waals surface area contributed by atoms with Crippen LogP contribution in [0.3, 0.4) is 0 Å². The van der Waals surface area contributed by atoms with Crippen LogP contribution in [-0.2, 0) is 6.42 Å². The minimum Gasteiger partial charge on any atom is -0.0839 e. The van der Waals surface area contributed by atoms with Crippen LogP contribution in [0.4, 0.5) is 0 Å². The first-order valence-corrected chi connectivity index (χ1v) is 14.6. The normalized spacial score (nSPS) is 17.9. The van der Waals surface area contributed by atoms with E-state index in [2.05, 4.69) is 86.4 Å². The van der Waals surface area contributed by atoms with Crippen LogP contribution in [0.25, 0.3) is 6.08 Å². The largest absolute Gasteiger partial charge is 0.0839 e. The second kappa shape index (κ2) is 16.4. The van der Waals surface area contributed by atoms with Crippen molar-refractivity contribution in [3.05, 3.63) is 76.9 Å². The molecule has 2 aromatic carbocycles. The third-order valence-electron chi connectivity index (χ3n) is 7.77. The standard InChI is InChI=1S/C35H48/c1-3-5-7-9-11-13-31-16-20-33(21-17-31)23-25-35-28-26-34(27-29-35)24-22-32-18-14-30(15-19-32)12-10-8-6-4-2/h10,12,14-15,18-19,26-29,31,33H,3-9,11,13,16-17,20-21,23,25H2,1-2H3/b12-10+. The van der Waals surface area contributed by atoms with E-state index in [0.717, 1.165) is 29.4 Å². The van der Waals surface area contributed by atoms with Crippen LogP contribution in [0, 0.1) is 23.7 Å². The van der Waals surface area contributed by atoms with Crippen molar-refractivity contribution < 1.29 is 0 Å². The molecule has 0 aliphatic heterocycles. The predicted octanol–water partition coefficient (Wildman–Crippen LogP) is 10.4. The average Bonchev–Trinajstić information content (AvgIpc) is 2.90. The van der Waals surface area contributed by atoms with Gasteiger partial charge in [-0.1, -0.05) is 139 Å². The van der Waals surface area contributed by atoms with E-state index in [4.69, 9.17) is 0 Å². The summed E-state index contributed by atoms with van der Waals surface area (Å²) in [5.41, 5.74) is 4.91. The third-order valence-corrected chi connectivity index (χ3v) is 7.77. The van der Waals surface area contributed by atoms with Crippen molar-refractivity contribution in [3.8, 4) is 11.8 Å². The maximum Gasteiger partial charge on any atom is 0.0249 e. The van der Waals surface area contributed by atoms with E-state index in [1.165, 1.54) is 101 Å². The summed E-state index contributed by atoms with van der Waals surface area (Å²) < 4.78 is 0. The van der Waals surface area contributed by atoms with Crippen molar-refractivity contribution in [2.75, 3.05) is 0 Å². The monoisotopic (exact) mass is 468 g/mol. The number of benzene rings is 2. The molecule has 188 valence electrons. The molecule has 0 N–H and O–H groups in total. The number of allylic oxidation sites excluding steroid dienone is 1. The van der Waals surface area contributed by atoms with E-state index in [9.17, 15) is 0 Å². The van der Waals surface area contributed by atoms with Gasteiger partial charge in [0.2, 0.25) is 0 Å². The van der Waals surface area contributed by atoms with E-state index in [1.807, 2.05) is 0 Å². The van der Waals surface area contributed by atoms with E-state index in [0.29, 0.717) is 0 Å². The van der Waals surface area contributed by atoms with Crippen LogP contribution >= 0.6 is 0 Å². The topological polar surface area (TPSA) is 0 Å². The zero-order valence-electron chi connectivity index (χ0n) is 22.5. The fraction of sp³-hybridized carbons (Fsp3) is 0.543. The fourth-order valence-corrected chi connectivity index (χ4v) is 5.33. The van der Waals surface area contributed by atoms with Crippen LogP contribution in [-0.4, -0.2) is 0 Å². The Morgan fingerprint density at radius 2 is 1.23 bits per heavy atom. The smallest absolute Gasteiger partial charge is 0.0249 e. The molecule has 1 saturated carbocycles. The summed E-state index contributed by atoms with van der Waals surface area (Å²) in [5, 5.41) is 0. The second-order valence-corrected chi connectivity index (χ2v) is 10.7. The third kappa shape index (κ3) is 10.9. The van der Waals surface area contributed by atoms with Crippen molar-refractivity contribution in [2.24, 2.45) is 11.8 Å². The molecule has 3 rings (SSSR count). The van der Waals surface area contributed by atoms with Gasteiger partial charge in [0.15, 0.2) is 0 Å². The van der Waals surface area contributed by atoms with Crippen LogP contribution in [0.15, 0.2) is 54.6 Å². The molecule has 0 unspecified atom stereocenters. The van der Waals surface area contributed by atoms with Gasteiger partial charge in [0.05, 0.1) is 0 Å². The number of hydrogen-bond acceptors (Lipinski definition) is 0. The molecule has 0 bridgehead atoms. The maximum absolute atomic E-state index is 3.34. The molecule has 35 heavy (non-hydrogen) atoms. The van der Waals surface area contributed by atoms with E-state index in [-0.39, 0.29) is 0 Å². The summed E-state index contributed by atoms with van der Waals surface area (Å²) in [4.78, 5) is 0. The fourth-order valence-electron chi connectivity index (χ4n) is 5.33. The van der Waals surface area contributed by atoms with Gasteiger partial charge >= 0.3 is 0 Å². The number of rotatable bonds is 13. The van der Waals surface area contributed by atoms with Gasteiger partial charge in [-0.3, -0.25) is 0 Å². The first-order chi connectivity index (χ1) is 17.3. The van der Waals surface area contributed by atoms with Gasteiger partial charge in [0, 0.05) is 11.1 Å². The predicted molar refractivity (Wildman–Crippen MR) is 155 cm³/mol. The molecule has 0 nitrogen and oxygen atoms in total. The lowest BCUT2D eigenvalue weighted by atomic mass is 9.77. The summed E-state index contributed by atoms with van der Waals surface area (Å²) in [6.07, 6.45) is 25.2. The highest BCUT2D eigenvalue weighted by Gasteiger charge is 2.20. The highest BCUT2D eigenvalue weighted by molar-refractivity contribution is 5.52. The first-order valence-electron chi connectivity index (χ1n) is 14.6. The molecule has 1 fully saturated rings. The van der Waals surface area contributed by atoms with E-state index < -0.39 is 0 Å². The van der Waals surface area contributed by atoms with Crippen LogP contribution < -0.4 is 0 Å². The molecular weight excluding hydrogens is 420 g/mol. The summed E-state index contributed by atoms with van der Waals surface area (Å²) in [6, 6.07) is 17.6. The molecule has 0 saturated heterocycles. The number of aryl methyl sites for hydroxylation is 1. The molecule has 0 atom stereocenters. The Bertz CT molecular complexity index is 895. The summed E-state index contributed by atoms with van der Waals surface area (Å²) in [7, 11) is 0. The maximum atomic E-state index is 3.34. The number of hydrogen-bond donors (Lipinski definition) is 0. The lowest BCUT2D eigenvalue weighted by Gasteiger charge is -2.28. The molecule has 1 aliphatic rings. The first kappa shape index (κ1) is 27.3. The Labute approximate surface area is 216 Å². The average molecular weight is 469 g/mol. The summed E-state index contributed by atoms with van der Waals surface area (Å²) in [5.74, 6) is 8.62. The number of unbranched alkanes of at least 4 members (excludes halogenated alkanes) is 6. The van der Waals surface area contributed by atoms with Gasteiger partial charge in [0.25, 0.3) is 0 Å². The lowest BCUT2D eigenvalue weighted by Crippen LogP contribution is -2.15. The van der Waals surface area contributed by atoms with Crippen molar-refractivity contribution in [3.63, 3.8) is 0 Å². The van der Waals surface area contributed by atoms with Gasteiger partial charge < -0.3 is 0 Å². The van der Waals surface area contributed by atoms with Crippen molar-refractivity contribution in [1.29, 1.82) is 0 Å². The molecule has 0 aromatic heterocycles. The Morgan fingerprint density at radius 3 is 1.86 bits per heavy atom. The van der Waals surface area contributed by atoms with Crippen LogP contribution in [0.1, 0.15) is 126 Å². The molecule has 0 heteroatoms. The van der Waals surface area contributed by atoms with Gasteiger partial charge in [-0.25, -0.2) is 0 Å². The van der Waals surface area contributed by atoms with E-state index >= 15 is 0 Å². The molecule has 0 heterocycles. The molecule has 2 aromatic rings. The zero-order chi connectivity index (χ0) is 24.6. The van der Waals surface area contributed by atoms with Crippen LogP contribution in [0.5, 0.6) is 0 Å². The molecule has 0 spiro atoms. The SMILES string of the molecule is CCCC/C=C/c1ccc(C#Cc2ccc(CCC3CCC(CCCCCCC)CC3)cc2)cc1. The lowest BCUT2D eigenvalue weighted by molar-refractivity contribution is 0.248. The minimum absolute atomic E-state index is 0.940. The van der Waals surface area contributed by atoms with Gasteiger partial charge in [-0.05, 0) is 66.5 Å². The van der Waals surface area contributed by atoms with Crippen molar-refractivity contribution in [2.45, 2.75) is 110 Å². The van der Waals surface area contributed by atoms with Crippen molar-refractivity contribution >= 4 is 6.08 Å². The zero-order valence-corrected chi connectivity index (χ0v) is 22.5. The molecule has 0 radical (unpaired) electrons. The molecular formula is C35H48. The Kier molecular flexibility index (Phi) is 12.8. The Hall–Kier alpha value is -2.26. The molecule has 0 amide bonds. The Morgan fingerprint density at radius 1 is 0.657 bits per heavy atom. The quantitative estimate of drug-likeness (QED) is 0.202. The van der Waals surface area contributed by atoms with E-state index in [1.54, 1.807) is 0 Å². The minimum atomic E-state index is 0.940. The Balaban J connectivity index is 1.36. The molecule has 1 aliphatic carbocycles. The second-order valence-electron chi connectivity index (χ2n) is 10.7. The van der Waals surface area contributed by atoms with Crippen molar-refractivity contribution in [1.82, 2.24) is 0 Å². The highest BCUT2D eigenvalue weighted by Crippen LogP contribution is 2.34. The van der Waals surface area contributed by atoms with Gasteiger partial charge in [-0.15, -0.1) is 0 Å². The van der Waals surface area contributed by atoms with Crippen LogP contribution in [0.2, 0.25) is 0 Å².